The van der Waals surface area contributed by atoms with Gasteiger partial charge in [-0.25, -0.2) is 15.0 Å². The van der Waals surface area contributed by atoms with Crippen molar-refractivity contribution in [3.05, 3.63) is 58.4 Å². The summed E-state index contributed by atoms with van der Waals surface area (Å²) in [6.07, 6.45) is 0. The molecule has 3 nitrogen and oxygen atoms in total. The van der Waals surface area contributed by atoms with E-state index in [1.165, 1.54) is 11.1 Å². The van der Waals surface area contributed by atoms with Crippen LogP contribution < -0.4 is 0 Å². The zero-order valence-corrected chi connectivity index (χ0v) is 14.5. The van der Waals surface area contributed by atoms with Crippen molar-refractivity contribution in [2.75, 3.05) is 0 Å². The van der Waals surface area contributed by atoms with Crippen molar-refractivity contribution in [1.29, 1.82) is 0 Å². The first kappa shape index (κ1) is 15.2. The summed E-state index contributed by atoms with van der Waals surface area (Å²) in [4.78, 5) is 13.8. The zero-order chi connectivity index (χ0) is 15.5. The second-order valence-corrected chi connectivity index (χ2v) is 6.90. The molecule has 0 N–H and O–H groups in total. The van der Waals surface area contributed by atoms with Gasteiger partial charge >= 0.3 is 0 Å². The van der Waals surface area contributed by atoms with Crippen molar-refractivity contribution in [2.45, 2.75) is 31.7 Å². The topological polar surface area (TPSA) is 38.7 Å². The van der Waals surface area contributed by atoms with E-state index in [2.05, 4.69) is 34.4 Å². The lowest BCUT2D eigenvalue weighted by Crippen LogP contribution is -1.98. The van der Waals surface area contributed by atoms with Crippen LogP contribution in [0.4, 0.5) is 0 Å². The molecule has 0 saturated heterocycles. The van der Waals surface area contributed by atoms with Crippen molar-refractivity contribution in [3.63, 3.8) is 0 Å². The van der Waals surface area contributed by atoms with Crippen LogP contribution >= 0.6 is 23.1 Å². The van der Waals surface area contributed by atoms with Gasteiger partial charge < -0.3 is 0 Å². The summed E-state index contributed by atoms with van der Waals surface area (Å²) in [5, 5.41) is 4.01. The maximum atomic E-state index is 4.70. The highest BCUT2D eigenvalue weighted by Crippen LogP contribution is 2.27. The van der Waals surface area contributed by atoms with Gasteiger partial charge in [0.25, 0.3) is 0 Å². The van der Waals surface area contributed by atoms with Crippen LogP contribution in [0.3, 0.4) is 0 Å². The third kappa shape index (κ3) is 3.36. The van der Waals surface area contributed by atoms with Crippen LogP contribution in [0.2, 0.25) is 0 Å². The van der Waals surface area contributed by atoms with Gasteiger partial charge in [-0.05, 0) is 26.3 Å². The van der Waals surface area contributed by atoms with Crippen molar-refractivity contribution in [3.8, 4) is 10.6 Å². The molecule has 3 rings (SSSR count). The summed E-state index contributed by atoms with van der Waals surface area (Å²) in [5.41, 5.74) is 5.52. The molecule has 0 saturated carbocycles. The maximum absolute atomic E-state index is 4.70. The maximum Gasteiger partial charge on any atom is 0.188 e. The minimum atomic E-state index is 0.797. The number of thioether (sulfide) groups is 1. The molecule has 0 aliphatic rings. The summed E-state index contributed by atoms with van der Waals surface area (Å²) in [6, 6.07) is 10.3. The number of hydrogen-bond donors (Lipinski definition) is 0. The SMILES string of the molecule is Cc1nc(SCc2csc(-c3ccccc3)n2)nc(C)c1C. The minimum Gasteiger partial charge on any atom is -0.240 e. The van der Waals surface area contributed by atoms with Crippen LogP contribution in [-0.4, -0.2) is 15.0 Å². The summed E-state index contributed by atoms with van der Waals surface area (Å²) in [6.45, 7) is 6.13. The lowest BCUT2D eigenvalue weighted by Gasteiger charge is -2.05. The lowest BCUT2D eigenvalue weighted by atomic mass is 10.2. The van der Waals surface area contributed by atoms with Crippen LogP contribution in [0.1, 0.15) is 22.6 Å². The number of aryl methyl sites for hydroxylation is 2. The van der Waals surface area contributed by atoms with E-state index in [0.717, 1.165) is 33.0 Å². The largest absolute Gasteiger partial charge is 0.240 e. The molecule has 0 fully saturated rings. The molecule has 3 aromatic rings. The molecule has 112 valence electrons. The van der Waals surface area contributed by atoms with Crippen molar-refractivity contribution in [2.24, 2.45) is 0 Å². The monoisotopic (exact) mass is 327 g/mol. The van der Waals surface area contributed by atoms with Crippen LogP contribution in [0.5, 0.6) is 0 Å². The lowest BCUT2D eigenvalue weighted by molar-refractivity contribution is 0.880. The fraction of sp³-hybridized carbons (Fsp3) is 0.235. The van der Waals surface area contributed by atoms with Gasteiger partial charge in [0.1, 0.15) is 5.01 Å². The Kier molecular flexibility index (Phi) is 4.55. The van der Waals surface area contributed by atoms with Crippen LogP contribution in [0.15, 0.2) is 40.9 Å². The molecule has 22 heavy (non-hydrogen) atoms. The molecule has 1 aromatic carbocycles. The summed E-state index contributed by atoms with van der Waals surface area (Å²) < 4.78 is 0. The van der Waals surface area contributed by atoms with E-state index in [1.54, 1.807) is 23.1 Å². The average Bonchev–Trinajstić information content (AvgIpc) is 3.00. The van der Waals surface area contributed by atoms with Gasteiger partial charge in [0.2, 0.25) is 0 Å². The number of aromatic nitrogens is 3. The molecule has 2 aromatic heterocycles. The molecular weight excluding hydrogens is 310 g/mol. The summed E-state index contributed by atoms with van der Waals surface area (Å²) in [7, 11) is 0. The van der Waals surface area contributed by atoms with Gasteiger partial charge in [0, 0.05) is 28.1 Å². The standard InChI is InChI=1S/C17H17N3S2/c1-11-12(2)18-17(19-13(11)3)22-10-15-9-21-16(20-15)14-7-5-4-6-8-14/h4-9H,10H2,1-3H3. The smallest absolute Gasteiger partial charge is 0.188 e. The fourth-order valence-electron chi connectivity index (χ4n) is 2.03. The second kappa shape index (κ2) is 6.58. The highest BCUT2D eigenvalue weighted by Gasteiger charge is 2.08. The summed E-state index contributed by atoms with van der Waals surface area (Å²) >= 11 is 3.32. The third-order valence-electron chi connectivity index (χ3n) is 3.53. The van der Waals surface area contributed by atoms with Crippen molar-refractivity contribution < 1.29 is 0 Å². The van der Waals surface area contributed by atoms with Crippen molar-refractivity contribution >= 4 is 23.1 Å². The molecule has 0 aliphatic heterocycles. The number of benzene rings is 1. The fourth-order valence-corrected chi connectivity index (χ4v) is 3.79. The molecule has 0 unspecified atom stereocenters. The van der Waals surface area contributed by atoms with E-state index in [9.17, 15) is 0 Å². The number of nitrogens with zero attached hydrogens (tertiary/aromatic N) is 3. The van der Waals surface area contributed by atoms with Crippen LogP contribution in [-0.2, 0) is 5.75 Å². The summed E-state index contributed by atoms with van der Waals surface area (Å²) in [5.74, 6) is 0.797. The van der Waals surface area contributed by atoms with Gasteiger partial charge in [-0.2, -0.15) is 0 Å². The van der Waals surface area contributed by atoms with E-state index >= 15 is 0 Å². The molecular formula is C17H17N3S2. The van der Waals surface area contributed by atoms with Gasteiger partial charge in [-0.15, -0.1) is 11.3 Å². The molecule has 0 bridgehead atoms. The Labute approximate surface area is 138 Å². The van der Waals surface area contributed by atoms with E-state index in [1.807, 2.05) is 32.0 Å². The van der Waals surface area contributed by atoms with Gasteiger partial charge in [0.05, 0.1) is 5.69 Å². The Hall–Kier alpha value is -1.72. The first-order chi connectivity index (χ1) is 10.6. The predicted octanol–water partition coefficient (Wildman–Crippen LogP) is 4.82. The first-order valence-corrected chi connectivity index (χ1v) is 8.94. The molecule has 0 spiro atoms. The van der Waals surface area contributed by atoms with E-state index in [0.29, 0.717) is 0 Å². The second-order valence-electron chi connectivity index (χ2n) is 5.10. The Morgan fingerprint density at radius 2 is 1.64 bits per heavy atom. The first-order valence-electron chi connectivity index (χ1n) is 7.08. The van der Waals surface area contributed by atoms with Crippen molar-refractivity contribution in [1.82, 2.24) is 15.0 Å². The molecule has 0 aliphatic carbocycles. The minimum absolute atomic E-state index is 0.797. The number of hydrogen-bond acceptors (Lipinski definition) is 5. The number of rotatable bonds is 4. The molecule has 2 heterocycles. The van der Waals surface area contributed by atoms with Crippen LogP contribution in [0, 0.1) is 20.8 Å². The van der Waals surface area contributed by atoms with Crippen LogP contribution in [0.25, 0.3) is 10.6 Å². The molecule has 0 atom stereocenters. The quantitative estimate of drug-likeness (QED) is 0.509. The van der Waals surface area contributed by atoms with Gasteiger partial charge in [-0.3, -0.25) is 0 Å². The molecule has 5 heteroatoms. The Bertz CT molecular complexity index is 759. The Morgan fingerprint density at radius 3 is 2.32 bits per heavy atom. The van der Waals surface area contributed by atoms with E-state index in [4.69, 9.17) is 4.98 Å². The average molecular weight is 327 g/mol. The highest BCUT2D eigenvalue weighted by atomic mass is 32.2. The highest BCUT2D eigenvalue weighted by molar-refractivity contribution is 7.98. The normalized spacial score (nSPS) is 10.9. The molecule has 0 amide bonds. The Morgan fingerprint density at radius 1 is 0.955 bits per heavy atom. The van der Waals surface area contributed by atoms with E-state index in [-0.39, 0.29) is 0 Å². The predicted molar refractivity (Wildman–Crippen MR) is 93.4 cm³/mol. The van der Waals surface area contributed by atoms with E-state index < -0.39 is 0 Å². The number of thiazole rings is 1. The Balaban J connectivity index is 1.71. The van der Waals surface area contributed by atoms with Gasteiger partial charge in [-0.1, -0.05) is 42.1 Å². The van der Waals surface area contributed by atoms with Gasteiger partial charge in [0.15, 0.2) is 5.16 Å². The third-order valence-corrected chi connectivity index (χ3v) is 5.35. The molecule has 0 radical (unpaired) electrons. The zero-order valence-electron chi connectivity index (χ0n) is 12.8.